The van der Waals surface area contributed by atoms with Gasteiger partial charge in [0.25, 0.3) is 5.91 Å². The summed E-state index contributed by atoms with van der Waals surface area (Å²) in [5.41, 5.74) is 1.57. The fourth-order valence-corrected chi connectivity index (χ4v) is 4.52. The first-order valence-corrected chi connectivity index (χ1v) is 10.5. The number of benzene rings is 2. The summed E-state index contributed by atoms with van der Waals surface area (Å²) in [6.07, 6.45) is 5.82. The Kier molecular flexibility index (Phi) is 5.95. The van der Waals surface area contributed by atoms with Crippen molar-refractivity contribution in [3.8, 4) is 0 Å². The van der Waals surface area contributed by atoms with Gasteiger partial charge in [-0.3, -0.25) is 9.59 Å². The van der Waals surface area contributed by atoms with Crippen molar-refractivity contribution in [2.24, 2.45) is 0 Å². The summed E-state index contributed by atoms with van der Waals surface area (Å²) in [4.78, 5) is 26.2. The van der Waals surface area contributed by atoms with Crippen LogP contribution in [0.15, 0.2) is 54.6 Å². The van der Waals surface area contributed by atoms with Crippen LogP contribution >= 0.6 is 0 Å². The SMILES string of the molecule is O=C(NCC1CCCO1)c1ccccc1NC(=O)C1(c2ccccc2)CCCC1. The number of hydrogen-bond acceptors (Lipinski definition) is 3. The van der Waals surface area contributed by atoms with Crippen LogP contribution in [0.4, 0.5) is 5.69 Å². The molecule has 0 bridgehead atoms. The maximum atomic E-state index is 13.4. The fourth-order valence-electron chi connectivity index (χ4n) is 4.52. The van der Waals surface area contributed by atoms with Crippen molar-refractivity contribution < 1.29 is 14.3 Å². The van der Waals surface area contributed by atoms with Crippen molar-refractivity contribution in [3.05, 3.63) is 65.7 Å². The Morgan fingerprint density at radius 1 is 0.966 bits per heavy atom. The molecule has 1 aliphatic heterocycles. The molecule has 0 spiro atoms. The highest BCUT2D eigenvalue weighted by molar-refractivity contribution is 6.06. The third-order valence-electron chi connectivity index (χ3n) is 6.15. The number of para-hydroxylation sites is 1. The lowest BCUT2D eigenvalue weighted by molar-refractivity contribution is -0.121. The number of amides is 2. The van der Waals surface area contributed by atoms with E-state index in [9.17, 15) is 9.59 Å². The molecular weight excluding hydrogens is 364 g/mol. The topological polar surface area (TPSA) is 67.4 Å². The van der Waals surface area contributed by atoms with Gasteiger partial charge >= 0.3 is 0 Å². The molecule has 5 heteroatoms. The number of rotatable bonds is 6. The molecule has 1 saturated heterocycles. The first-order chi connectivity index (χ1) is 14.2. The molecule has 1 heterocycles. The van der Waals surface area contributed by atoms with E-state index in [1.807, 2.05) is 42.5 Å². The minimum Gasteiger partial charge on any atom is -0.376 e. The smallest absolute Gasteiger partial charge is 0.253 e. The molecule has 152 valence electrons. The van der Waals surface area contributed by atoms with Crippen LogP contribution in [0.3, 0.4) is 0 Å². The summed E-state index contributed by atoms with van der Waals surface area (Å²) in [7, 11) is 0. The van der Waals surface area contributed by atoms with Gasteiger partial charge in [0, 0.05) is 13.2 Å². The first kappa shape index (κ1) is 19.6. The fraction of sp³-hybridized carbons (Fsp3) is 0.417. The van der Waals surface area contributed by atoms with Crippen LogP contribution in [0.25, 0.3) is 0 Å². The molecule has 0 aromatic heterocycles. The molecule has 2 N–H and O–H groups in total. The maximum absolute atomic E-state index is 13.4. The number of carbonyl (C=O) groups excluding carboxylic acids is 2. The molecule has 5 nitrogen and oxygen atoms in total. The van der Waals surface area contributed by atoms with E-state index in [4.69, 9.17) is 4.74 Å². The number of carbonyl (C=O) groups is 2. The summed E-state index contributed by atoms with van der Waals surface area (Å²) in [6.45, 7) is 1.25. The molecule has 1 unspecified atom stereocenters. The lowest BCUT2D eigenvalue weighted by atomic mass is 9.78. The van der Waals surface area contributed by atoms with Gasteiger partial charge in [0.1, 0.15) is 0 Å². The molecule has 2 aliphatic rings. The predicted molar refractivity (Wildman–Crippen MR) is 113 cm³/mol. The summed E-state index contributed by atoms with van der Waals surface area (Å²) in [6, 6.07) is 17.2. The van der Waals surface area contributed by atoms with E-state index in [1.165, 1.54) is 0 Å². The van der Waals surface area contributed by atoms with Gasteiger partial charge in [0.15, 0.2) is 0 Å². The molecule has 2 aromatic carbocycles. The van der Waals surface area contributed by atoms with Crippen molar-refractivity contribution in [1.82, 2.24) is 5.32 Å². The standard InChI is InChI=1S/C24H28N2O3/c27-22(25-17-19-11-8-16-29-19)20-12-4-5-13-21(20)26-23(28)24(14-6-7-15-24)18-9-2-1-3-10-18/h1-5,9-10,12-13,19H,6-8,11,14-17H2,(H,25,27)(H,26,28). The van der Waals surface area contributed by atoms with Crippen LogP contribution < -0.4 is 10.6 Å². The third kappa shape index (κ3) is 4.20. The molecule has 2 amide bonds. The summed E-state index contributed by atoms with van der Waals surface area (Å²) in [5, 5.41) is 6.02. The molecule has 0 radical (unpaired) electrons. The largest absolute Gasteiger partial charge is 0.376 e. The molecule has 1 atom stereocenters. The zero-order chi connectivity index (χ0) is 20.1. The number of ether oxygens (including phenoxy) is 1. The van der Waals surface area contributed by atoms with Crippen molar-refractivity contribution in [2.45, 2.75) is 50.0 Å². The Morgan fingerprint density at radius 2 is 1.69 bits per heavy atom. The number of hydrogen-bond donors (Lipinski definition) is 2. The van der Waals surface area contributed by atoms with E-state index < -0.39 is 5.41 Å². The van der Waals surface area contributed by atoms with Gasteiger partial charge in [0.05, 0.1) is 22.8 Å². The van der Waals surface area contributed by atoms with Crippen molar-refractivity contribution in [1.29, 1.82) is 0 Å². The minimum atomic E-state index is -0.525. The lowest BCUT2D eigenvalue weighted by Gasteiger charge is -2.28. The van der Waals surface area contributed by atoms with Crippen molar-refractivity contribution >= 4 is 17.5 Å². The Balaban J connectivity index is 1.51. The molecule has 1 aliphatic carbocycles. The van der Waals surface area contributed by atoms with Gasteiger partial charge < -0.3 is 15.4 Å². The molecule has 1 saturated carbocycles. The summed E-state index contributed by atoms with van der Waals surface area (Å²) >= 11 is 0. The Hall–Kier alpha value is -2.66. The zero-order valence-electron chi connectivity index (χ0n) is 16.7. The quantitative estimate of drug-likeness (QED) is 0.779. The second-order valence-electron chi connectivity index (χ2n) is 8.00. The predicted octanol–water partition coefficient (Wildman–Crippen LogP) is 4.05. The molecule has 2 fully saturated rings. The second-order valence-corrected chi connectivity index (χ2v) is 8.00. The summed E-state index contributed by atoms with van der Waals surface area (Å²) < 4.78 is 5.58. The highest BCUT2D eigenvalue weighted by atomic mass is 16.5. The highest BCUT2D eigenvalue weighted by Crippen LogP contribution is 2.42. The van der Waals surface area contributed by atoms with Gasteiger partial charge in [-0.15, -0.1) is 0 Å². The number of anilines is 1. The zero-order valence-corrected chi connectivity index (χ0v) is 16.7. The normalized spacial score (nSPS) is 20.3. The van der Waals surface area contributed by atoms with E-state index in [-0.39, 0.29) is 17.9 Å². The second kappa shape index (κ2) is 8.78. The monoisotopic (exact) mass is 392 g/mol. The van der Waals surface area contributed by atoms with Crippen LogP contribution in [0.1, 0.15) is 54.4 Å². The first-order valence-electron chi connectivity index (χ1n) is 10.5. The average Bonchev–Trinajstić information content (AvgIpc) is 3.46. The third-order valence-corrected chi connectivity index (χ3v) is 6.15. The van der Waals surface area contributed by atoms with Crippen molar-refractivity contribution in [3.63, 3.8) is 0 Å². The van der Waals surface area contributed by atoms with E-state index in [0.29, 0.717) is 17.8 Å². The van der Waals surface area contributed by atoms with Gasteiger partial charge in [-0.2, -0.15) is 0 Å². The lowest BCUT2D eigenvalue weighted by Crippen LogP contribution is -2.38. The Bertz CT molecular complexity index is 853. The van der Waals surface area contributed by atoms with Gasteiger partial charge in [-0.1, -0.05) is 55.3 Å². The van der Waals surface area contributed by atoms with E-state index >= 15 is 0 Å². The highest BCUT2D eigenvalue weighted by Gasteiger charge is 2.42. The van der Waals surface area contributed by atoms with E-state index in [0.717, 1.165) is 50.7 Å². The number of nitrogens with one attached hydrogen (secondary N) is 2. The molecule has 2 aromatic rings. The average molecular weight is 392 g/mol. The van der Waals surface area contributed by atoms with Crippen LogP contribution in [0.5, 0.6) is 0 Å². The Morgan fingerprint density at radius 3 is 2.41 bits per heavy atom. The van der Waals surface area contributed by atoms with Gasteiger partial charge in [-0.05, 0) is 43.4 Å². The molecule has 4 rings (SSSR count). The van der Waals surface area contributed by atoms with Crippen molar-refractivity contribution in [2.75, 3.05) is 18.5 Å². The van der Waals surface area contributed by atoms with Gasteiger partial charge in [-0.25, -0.2) is 0 Å². The summed E-state index contributed by atoms with van der Waals surface area (Å²) in [5.74, 6) is -0.211. The van der Waals surface area contributed by atoms with E-state index in [1.54, 1.807) is 12.1 Å². The molecule has 29 heavy (non-hydrogen) atoms. The van der Waals surface area contributed by atoms with Crippen LogP contribution in [0, 0.1) is 0 Å². The van der Waals surface area contributed by atoms with Crippen LogP contribution in [0.2, 0.25) is 0 Å². The van der Waals surface area contributed by atoms with Crippen LogP contribution in [-0.4, -0.2) is 31.1 Å². The minimum absolute atomic E-state index is 0.0272. The Labute approximate surface area is 171 Å². The van der Waals surface area contributed by atoms with Gasteiger partial charge in [0.2, 0.25) is 5.91 Å². The van der Waals surface area contributed by atoms with E-state index in [2.05, 4.69) is 10.6 Å². The maximum Gasteiger partial charge on any atom is 0.253 e. The van der Waals surface area contributed by atoms with Crippen LogP contribution in [-0.2, 0) is 14.9 Å². The molecular formula is C24H28N2O3.